The van der Waals surface area contributed by atoms with Crippen LogP contribution in [0.1, 0.15) is 62.7 Å². The summed E-state index contributed by atoms with van der Waals surface area (Å²) in [5.41, 5.74) is 7.86. The van der Waals surface area contributed by atoms with Gasteiger partial charge >= 0.3 is 0 Å². The monoisotopic (exact) mass is 234 g/mol. The summed E-state index contributed by atoms with van der Waals surface area (Å²) in [6, 6.07) is 0. The smallest absolute Gasteiger partial charge is 0.184 e. The van der Waals surface area contributed by atoms with Crippen LogP contribution in [-0.4, -0.2) is 0 Å². The van der Waals surface area contributed by atoms with Gasteiger partial charge in [0, 0.05) is 24.5 Å². The standard InChI is InChI=1S/C16H28N/c1-7-13-12(6)17(11-5)16(10-4)15(9-3)14(13)8-2/h7-11H2,1-6H3/q+1. The van der Waals surface area contributed by atoms with E-state index >= 15 is 0 Å². The van der Waals surface area contributed by atoms with Gasteiger partial charge in [0.25, 0.3) is 0 Å². The minimum Gasteiger partial charge on any atom is -0.200 e. The fourth-order valence-electron chi connectivity index (χ4n) is 3.25. The fourth-order valence-corrected chi connectivity index (χ4v) is 3.25. The molecule has 1 aromatic rings. The van der Waals surface area contributed by atoms with Crippen LogP contribution in [0, 0.1) is 6.92 Å². The minimum absolute atomic E-state index is 1.10. The maximum Gasteiger partial charge on any atom is 0.184 e. The van der Waals surface area contributed by atoms with Gasteiger partial charge in [0.15, 0.2) is 11.4 Å². The van der Waals surface area contributed by atoms with Crippen LogP contribution < -0.4 is 4.57 Å². The Balaban J connectivity index is 3.66. The van der Waals surface area contributed by atoms with Crippen molar-refractivity contribution in [1.82, 2.24) is 0 Å². The van der Waals surface area contributed by atoms with E-state index in [1.165, 1.54) is 18.5 Å². The lowest BCUT2D eigenvalue weighted by Gasteiger charge is -2.17. The molecule has 0 unspecified atom stereocenters. The Labute approximate surface area is 107 Å². The summed E-state index contributed by atoms with van der Waals surface area (Å²) in [6.45, 7) is 14.8. The molecule has 0 aliphatic carbocycles. The number of nitrogens with zero attached hydrogens (tertiary/aromatic N) is 1. The minimum atomic E-state index is 1.10. The molecule has 1 heterocycles. The van der Waals surface area contributed by atoms with E-state index in [-0.39, 0.29) is 0 Å². The third-order valence-corrected chi connectivity index (χ3v) is 3.96. The van der Waals surface area contributed by atoms with Gasteiger partial charge in [-0.1, -0.05) is 27.7 Å². The number of hydrogen-bond acceptors (Lipinski definition) is 0. The normalized spacial score (nSPS) is 10.9. The van der Waals surface area contributed by atoms with Crippen LogP contribution in [0.2, 0.25) is 0 Å². The van der Waals surface area contributed by atoms with Gasteiger partial charge in [-0.3, -0.25) is 0 Å². The van der Waals surface area contributed by atoms with Crippen molar-refractivity contribution in [2.24, 2.45) is 0 Å². The molecule has 0 aromatic carbocycles. The zero-order valence-electron chi connectivity index (χ0n) is 12.5. The average Bonchev–Trinajstić information content (AvgIpc) is 2.36. The maximum absolute atomic E-state index is 2.52. The molecule has 1 heteroatoms. The Kier molecular flexibility index (Phi) is 5.17. The molecule has 0 saturated carbocycles. The van der Waals surface area contributed by atoms with Crippen LogP contribution in [-0.2, 0) is 32.2 Å². The molecule has 1 rings (SSSR count). The van der Waals surface area contributed by atoms with Gasteiger partial charge in [0.05, 0.1) is 0 Å². The van der Waals surface area contributed by atoms with Crippen molar-refractivity contribution >= 4 is 0 Å². The number of hydrogen-bond donors (Lipinski definition) is 0. The van der Waals surface area contributed by atoms with E-state index in [9.17, 15) is 0 Å². The van der Waals surface area contributed by atoms with Crippen molar-refractivity contribution in [3.05, 3.63) is 28.1 Å². The second-order valence-corrected chi connectivity index (χ2v) is 4.63. The molecule has 0 saturated heterocycles. The summed E-state index contributed by atoms with van der Waals surface area (Å²) < 4.78 is 2.52. The molecule has 1 nitrogen and oxygen atoms in total. The Morgan fingerprint density at radius 3 is 1.59 bits per heavy atom. The van der Waals surface area contributed by atoms with Gasteiger partial charge < -0.3 is 0 Å². The first kappa shape index (κ1) is 14.2. The average molecular weight is 234 g/mol. The number of pyridine rings is 1. The molecule has 17 heavy (non-hydrogen) atoms. The largest absolute Gasteiger partial charge is 0.200 e. The molecular weight excluding hydrogens is 206 g/mol. The molecule has 0 spiro atoms. The van der Waals surface area contributed by atoms with Crippen LogP contribution >= 0.6 is 0 Å². The van der Waals surface area contributed by atoms with E-state index in [1.807, 2.05) is 0 Å². The lowest BCUT2D eigenvalue weighted by Crippen LogP contribution is -2.43. The lowest BCUT2D eigenvalue weighted by molar-refractivity contribution is -0.707. The van der Waals surface area contributed by atoms with Crippen molar-refractivity contribution < 1.29 is 4.57 Å². The van der Waals surface area contributed by atoms with Crippen molar-refractivity contribution in [2.45, 2.75) is 73.8 Å². The SMILES string of the molecule is CCc1c(CC)c(C)[n+](CC)c(CC)c1CC. The van der Waals surface area contributed by atoms with Crippen LogP contribution in [0.15, 0.2) is 0 Å². The molecule has 0 N–H and O–H groups in total. The highest BCUT2D eigenvalue weighted by Crippen LogP contribution is 2.22. The van der Waals surface area contributed by atoms with Gasteiger partial charge in [-0.25, -0.2) is 0 Å². The molecule has 0 aliphatic heterocycles. The zero-order valence-corrected chi connectivity index (χ0v) is 12.5. The van der Waals surface area contributed by atoms with E-state index in [0.717, 1.165) is 19.4 Å². The topological polar surface area (TPSA) is 3.88 Å². The summed E-state index contributed by atoms with van der Waals surface area (Å²) in [5.74, 6) is 0. The highest BCUT2D eigenvalue weighted by atomic mass is 15.0. The summed E-state index contributed by atoms with van der Waals surface area (Å²) in [6.07, 6.45) is 4.64. The number of rotatable bonds is 5. The number of aromatic nitrogens is 1. The molecule has 0 bridgehead atoms. The van der Waals surface area contributed by atoms with Crippen LogP contribution in [0.3, 0.4) is 0 Å². The lowest BCUT2D eigenvalue weighted by atomic mass is 9.92. The van der Waals surface area contributed by atoms with Crippen LogP contribution in [0.4, 0.5) is 0 Å². The Morgan fingerprint density at radius 2 is 1.24 bits per heavy atom. The molecular formula is C16H28N+. The van der Waals surface area contributed by atoms with Gasteiger partial charge in [-0.2, -0.15) is 4.57 Å². The second kappa shape index (κ2) is 6.18. The third kappa shape index (κ3) is 2.38. The van der Waals surface area contributed by atoms with E-state index in [2.05, 4.69) is 46.1 Å². The molecule has 0 radical (unpaired) electrons. The quantitative estimate of drug-likeness (QED) is 0.686. The Hall–Kier alpha value is -0.850. The van der Waals surface area contributed by atoms with Gasteiger partial charge in [0.1, 0.15) is 6.54 Å². The Morgan fingerprint density at radius 1 is 0.706 bits per heavy atom. The predicted octanol–water partition coefficient (Wildman–Crippen LogP) is 3.55. The summed E-state index contributed by atoms with van der Waals surface area (Å²) >= 11 is 0. The molecule has 96 valence electrons. The summed E-state index contributed by atoms with van der Waals surface area (Å²) in [4.78, 5) is 0. The van der Waals surface area contributed by atoms with Crippen molar-refractivity contribution in [3.8, 4) is 0 Å². The molecule has 0 fully saturated rings. The summed E-state index contributed by atoms with van der Waals surface area (Å²) in [7, 11) is 0. The van der Waals surface area contributed by atoms with E-state index < -0.39 is 0 Å². The van der Waals surface area contributed by atoms with Crippen LogP contribution in [0.5, 0.6) is 0 Å². The first-order chi connectivity index (χ1) is 8.15. The van der Waals surface area contributed by atoms with E-state index in [0.29, 0.717) is 0 Å². The maximum atomic E-state index is 2.52. The molecule has 0 atom stereocenters. The second-order valence-electron chi connectivity index (χ2n) is 4.63. The highest BCUT2D eigenvalue weighted by molar-refractivity contribution is 5.37. The van der Waals surface area contributed by atoms with Crippen LogP contribution in [0.25, 0.3) is 0 Å². The zero-order chi connectivity index (χ0) is 13.0. The van der Waals surface area contributed by atoms with Gasteiger partial charge in [-0.15, -0.1) is 0 Å². The van der Waals surface area contributed by atoms with E-state index in [1.54, 1.807) is 22.4 Å². The van der Waals surface area contributed by atoms with Crippen molar-refractivity contribution in [2.75, 3.05) is 0 Å². The Bertz CT molecular complexity index is 358. The third-order valence-electron chi connectivity index (χ3n) is 3.96. The molecule has 0 aliphatic rings. The van der Waals surface area contributed by atoms with Crippen molar-refractivity contribution in [3.63, 3.8) is 0 Å². The van der Waals surface area contributed by atoms with Gasteiger partial charge in [-0.05, 0) is 31.7 Å². The highest BCUT2D eigenvalue weighted by Gasteiger charge is 2.23. The van der Waals surface area contributed by atoms with E-state index in [4.69, 9.17) is 0 Å². The predicted molar refractivity (Wildman–Crippen MR) is 74.6 cm³/mol. The fraction of sp³-hybridized carbons (Fsp3) is 0.688. The first-order valence-electron chi connectivity index (χ1n) is 7.21. The molecule has 1 aromatic heterocycles. The van der Waals surface area contributed by atoms with Gasteiger partial charge in [0.2, 0.25) is 0 Å². The first-order valence-corrected chi connectivity index (χ1v) is 7.21. The summed E-state index contributed by atoms with van der Waals surface area (Å²) in [5, 5.41) is 0. The van der Waals surface area contributed by atoms with Crippen molar-refractivity contribution in [1.29, 1.82) is 0 Å². The molecule has 0 amide bonds.